The molecule has 0 saturated heterocycles. The second-order valence-corrected chi connectivity index (χ2v) is 5.18. The lowest BCUT2D eigenvalue weighted by molar-refractivity contribution is 0.310. The van der Waals surface area contributed by atoms with Gasteiger partial charge in [-0.1, -0.05) is 12.8 Å². The summed E-state index contributed by atoms with van der Waals surface area (Å²) < 4.78 is 0. The Labute approximate surface area is 83.2 Å². The molecular formula is C11H15NS. The van der Waals surface area contributed by atoms with Crippen LogP contribution in [0.2, 0.25) is 0 Å². The summed E-state index contributed by atoms with van der Waals surface area (Å²) in [6.45, 7) is 1.12. The highest BCUT2D eigenvalue weighted by molar-refractivity contribution is 7.10. The average Bonchev–Trinajstić information content (AvgIpc) is 2.65. The van der Waals surface area contributed by atoms with Crippen molar-refractivity contribution >= 4 is 11.3 Å². The third-order valence-corrected chi connectivity index (χ3v) is 4.41. The third-order valence-electron chi connectivity index (χ3n) is 3.47. The van der Waals surface area contributed by atoms with Crippen molar-refractivity contribution < 1.29 is 0 Å². The van der Waals surface area contributed by atoms with Crippen molar-refractivity contribution in [3.8, 4) is 0 Å². The minimum Gasteiger partial charge on any atom is -0.308 e. The van der Waals surface area contributed by atoms with E-state index < -0.39 is 0 Å². The fourth-order valence-electron chi connectivity index (χ4n) is 2.80. The van der Waals surface area contributed by atoms with Gasteiger partial charge in [0.2, 0.25) is 0 Å². The van der Waals surface area contributed by atoms with E-state index in [1.165, 1.54) is 25.7 Å². The smallest absolute Gasteiger partial charge is 0.0305 e. The minimum absolute atomic E-state index is 0.788. The van der Waals surface area contributed by atoms with Crippen molar-refractivity contribution in [2.45, 2.75) is 44.2 Å². The Bertz CT molecular complexity index is 305. The van der Waals surface area contributed by atoms with Crippen LogP contribution in [0.15, 0.2) is 11.4 Å². The lowest BCUT2D eigenvalue weighted by atomic mass is 9.78. The molecule has 2 heterocycles. The summed E-state index contributed by atoms with van der Waals surface area (Å²) in [6, 6.07) is 3.14. The Hall–Kier alpha value is -0.340. The van der Waals surface area contributed by atoms with E-state index in [1.54, 1.807) is 10.4 Å². The van der Waals surface area contributed by atoms with Crippen molar-refractivity contribution in [3.63, 3.8) is 0 Å². The molecule has 70 valence electrons. The normalized spacial score (nSPS) is 32.3. The lowest BCUT2D eigenvalue weighted by Crippen LogP contribution is -2.40. The first-order valence-electron chi connectivity index (χ1n) is 5.25. The highest BCUT2D eigenvalue weighted by atomic mass is 32.1. The molecule has 3 rings (SSSR count). The number of fused-ring (bicyclic) bond motifs is 3. The third kappa shape index (κ3) is 1.24. The van der Waals surface area contributed by atoms with Crippen LogP contribution >= 0.6 is 11.3 Å². The van der Waals surface area contributed by atoms with Gasteiger partial charge in [-0.15, -0.1) is 11.3 Å². The monoisotopic (exact) mass is 193 g/mol. The van der Waals surface area contributed by atoms with Gasteiger partial charge in [0.05, 0.1) is 0 Å². The summed E-state index contributed by atoms with van der Waals surface area (Å²) >= 11 is 1.92. The molecule has 1 aromatic rings. The molecule has 13 heavy (non-hydrogen) atoms. The summed E-state index contributed by atoms with van der Waals surface area (Å²) in [6.07, 6.45) is 5.65. The largest absolute Gasteiger partial charge is 0.308 e. The molecule has 2 atom stereocenters. The molecule has 0 amide bonds. The van der Waals surface area contributed by atoms with Gasteiger partial charge in [-0.2, -0.15) is 0 Å². The first-order chi connectivity index (χ1) is 6.45. The molecule has 2 heteroatoms. The highest BCUT2D eigenvalue weighted by Gasteiger charge is 2.31. The lowest BCUT2D eigenvalue weighted by Gasteiger charge is -2.36. The zero-order chi connectivity index (χ0) is 8.67. The van der Waals surface area contributed by atoms with Crippen LogP contribution < -0.4 is 5.32 Å². The van der Waals surface area contributed by atoms with Crippen molar-refractivity contribution in [1.82, 2.24) is 5.32 Å². The SMILES string of the molecule is c1cc2c(s1)CNC1CCCCC21. The first kappa shape index (κ1) is 8.01. The summed E-state index contributed by atoms with van der Waals surface area (Å²) in [5, 5.41) is 5.93. The molecule has 2 aliphatic rings. The van der Waals surface area contributed by atoms with E-state index in [4.69, 9.17) is 0 Å². The minimum atomic E-state index is 0.788. The van der Waals surface area contributed by atoms with Gasteiger partial charge in [0.15, 0.2) is 0 Å². The molecule has 1 fully saturated rings. The molecule has 0 aromatic carbocycles. The van der Waals surface area contributed by atoms with E-state index >= 15 is 0 Å². The van der Waals surface area contributed by atoms with Crippen LogP contribution in [0.1, 0.15) is 42.0 Å². The molecule has 0 bridgehead atoms. The van der Waals surface area contributed by atoms with Crippen LogP contribution in [-0.2, 0) is 6.54 Å². The van der Waals surface area contributed by atoms with Crippen molar-refractivity contribution in [3.05, 3.63) is 21.9 Å². The van der Waals surface area contributed by atoms with Crippen LogP contribution in [0.25, 0.3) is 0 Å². The van der Waals surface area contributed by atoms with E-state index in [9.17, 15) is 0 Å². The number of rotatable bonds is 0. The molecule has 1 saturated carbocycles. The van der Waals surface area contributed by atoms with Gasteiger partial charge < -0.3 is 5.32 Å². The number of hydrogen-bond donors (Lipinski definition) is 1. The second kappa shape index (κ2) is 3.10. The number of thiophene rings is 1. The molecule has 1 aliphatic heterocycles. The predicted molar refractivity (Wildman–Crippen MR) is 56.2 cm³/mol. The molecule has 2 unspecified atom stereocenters. The van der Waals surface area contributed by atoms with Gasteiger partial charge in [0.25, 0.3) is 0 Å². The van der Waals surface area contributed by atoms with Gasteiger partial charge in [-0.3, -0.25) is 0 Å². The summed E-state index contributed by atoms with van der Waals surface area (Å²) in [5.74, 6) is 0.837. The summed E-state index contributed by atoms with van der Waals surface area (Å²) in [7, 11) is 0. The standard InChI is InChI=1S/C11H15NS/c1-2-4-10-8(3-1)9-5-6-13-11(9)7-12-10/h5-6,8,10,12H,1-4,7H2. The number of nitrogens with one attached hydrogen (secondary N) is 1. The van der Waals surface area contributed by atoms with Crippen molar-refractivity contribution in [2.24, 2.45) is 0 Å². The van der Waals surface area contributed by atoms with Gasteiger partial charge in [-0.25, -0.2) is 0 Å². The quantitative estimate of drug-likeness (QED) is 0.668. The Morgan fingerprint density at radius 1 is 1.31 bits per heavy atom. The zero-order valence-electron chi connectivity index (χ0n) is 7.75. The fourth-order valence-corrected chi connectivity index (χ4v) is 3.70. The van der Waals surface area contributed by atoms with E-state index in [1.807, 2.05) is 11.3 Å². The molecule has 1 aliphatic carbocycles. The molecule has 1 N–H and O–H groups in total. The maximum atomic E-state index is 3.67. The Balaban J connectivity index is 1.97. The Morgan fingerprint density at radius 3 is 3.23 bits per heavy atom. The Morgan fingerprint density at radius 2 is 2.23 bits per heavy atom. The van der Waals surface area contributed by atoms with Crippen LogP contribution in [0.4, 0.5) is 0 Å². The van der Waals surface area contributed by atoms with Crippen LogP contribution in [0, 0.1) is 0 Å². The maximum absolute atomic E-state index is 3.67. The van der Waals surface area contributed by atoms with Crippen LogP contribution in [0.3, 0.4) is 0 Å². The topological polar surface area (TPSA) is 12.0 Å². The van der Waals surface area contributed by atoms with Gasteiger partial charge in [-0.05, 0) is 29.9 Å². The summed E-state index contributed by atoms with van der Waals surface area (Å²) in [5.41, 5.74) is 1.66. The number of hydrogen-bond acceptors (Lipinski definition) is 2. The van der Waals surface area contributed by atoms with Gasteiger partial charge in [0, 0.05) is 23.4 Å². The maximum Gasteiger partial charge on any atom is 0.0305 e. The fraction of sp³-hybridized carbons (Fsp3) is 0.636. The predicted octanol–water partition coefficient (Wildman–Crippen LogP) is 2.88. The molecule has 0 spiro atoms. The van der Waals surface area contributed by atoms with Gasteiger partial charge >= 0.3 is 0 Å². The average molecular weight is 193 g/mol. The molecule has 1 aromatic heterocycles. The van der Waals surface area contributed by atoms with E-state index in [0.29, 0.717) is 0 Å². The summed E-state index contributed by atoms with van der Waals surface area (Å²) in [4.78, 5) is 1.59. The van der Waals surface area contributed by atoms with Crippen molar-refractivity contribution in [1.29, 1.82) is 0 Å². The van der Waals surface area contributed by atoms with E-state index in [2.05, 4.69) is 16.8 Å². The van der Waals surface area contributed by atoms with E-state index in [0.717, 1.165) is 18.5 Å². The van der Waals surface area contributed by atoms with Crippen molar-refractivity contribution in [2.75, 3.05) is 0 Å². The second-order valence-electron chi connectivity index (χ2n) is 4.18. The van der Waals surface area contributed by atoms with E-state index in [-0.39, 0.29) is 0 Å². The zero-order valence-corrected chi connectivity index (χ0v) is 8.57. The van der Waals surface area contributed by atoms with Crippen LogP contribution in [-0.4, -0.2) is 6.04 Å². The van der Waals surface area contributed by atoms with Gasteiger partial charge in [0.1, 0.15) is 0 Å². The highest BCUT2D eigenvalue weighted by Crippen LogP contribution is 2.39. The Kier molecular flexibility index (Phi) is 1.91. The first-order valence-corrected chi connectivity index (χ1v) is 6.13. The molecular weight excluding hydrogens is 178 g/mol. The molecule has 0 radical (unpaired) electrons. The van der Waals surface area contributed by atoms with Crippen LogP contribution in [0.5, 0.6) is 0 Å². The molecule has 1 nitrogen and oxygen atoms in total.